The fourth-order valence-corrected chi connectivity index (χ4v) is 1.00. The number of hydrogen-bond acceptors (Lipinski definition) is 1. The van der Waals surface area contributed by atoms with E-state index in [1.165, 1.54) is 5.28 Å². The Morgan fingerprint density at radius 1 is 1.38 bits per heavy atom. The van der Waals surface area contributed by atoms with Crippen LogP contribution >= 0.6 is 0 Å². The molecule has 0 aromatic carbocycles. The molecule has 0 radical (unpaired) electrons. The first-order chi connectivity index (χ1) is 3.56. The molecule has 0 aliphatic rings. The first kappa shape index (κ1) is 8.49. The first-order valence-electron chi connectivity index (χ1n) is 3.06. The third kappa shape index (κ3) is 6.49. The van der Waals surface area contributed by atoms with Crippen molar-refractivity contribution < 1.29 is 3.79 Å². The van der Waals surface area contributed by atoms with Gasteiger partial charge in [-0.1, -0.05) is 0 Å². The normalized spacial score (nSPS) is 11.0. The molecule has 0 saturated carbocycles. The quantitative estimate of drug-likeness (QED) is 0.517. The Balaban J connectivity index is 3.11. The summed E-state index contributed by atoms with van der Waals surface area (Å²) in [5.41, 5.74) is 0.0886. The molecule has 0 atom stereocenters. The van der Waals surface area contributed by atoms with Gasteiger partial charge in [-0.05, 0) is 0 Å². The van der Waals surface area contributed by atoms with E-state index in [-0.39, 0.29) is 21.2 Å². The van der Waals surface area contributed by atoms with Crippen LogP contribution in [-0.4, -0.2) is 21.2 Å². The molecular formula is C6H14AlO+. The molecule has 0 heterocycles. The van der Waals surface area contributed by atoms with Crippen LogP contribution in [0.15, 0.2) is 0 Å². The van der Waals surface area contributed by atoms with Gasteiger partial charge in [-0.2, -0.15) is 0 Å². The van der Waals surface area contributed by atoms with Gasteiger partial charge in [0.1, 0.15) is 0 Å². The summed E-state index contributed by atoms with van der Waals surface area (Å²) < 4.78 is 5.46. The molecular weight excluding hydrogens is 115 g/mol. The summed E-state index contributed by atoms with van der Waals surface area (Å²) in [5.74, 6) is 0. The Hall–Kier alpha value is 0.492. The molecule has 0 aliphatic heterocycles. The van der Waals surface area contributed by atoms with Crippen LogP contribution in [0.4, 0.5) is 0 Å². The zero-order chi connectivity index (χ0) is 6.62. The van der Waals surface area contributed by atoms with Gasteiger partial charge in [0.05, 0.1) is 0 Å². The first-order valence-corrected chi connectivity index (χ1v) is 4.34. The monoisotopic (exact) mass is 129 g/mol. The second-order valence-electron chi connectivity index (χ2n) is 2.81. The van der Waals surface area contributed by atoms with E-state index in [9.17, 15) is 0 Å². The van der Waals surface area contributed by atoms with Gasteiger partial charge in [0.15, 0.2) is 0 Å². The van der Waals surface area contributed by atoms with Gasteiger partial charge in [0.25, 0.3) is 0 Å². The van der Waals surface area contributed by atoms with Crippen molar-refractivity contribution in [2.75, 3.05) is 0 Å². The molecule has 0 rings (SSSR count). The van der Waals surface area contributed by atoms with Crippen molar-refractivity contribution in [3.63, 3.8) is 0 Å². The van der Waals surface area contributed by atoms with Crippen LogP contribution in [0, 0.1) is 0 Å². The van der Waals surface area contributed by atoms with E-state index in [2.05, 4.69) is 27.7 Å². The van der Waals surface area contributed by atoms with Crippen LogP contribution in [0.2, 0.25) is 5.28 Å². The molecule has 0 aromatic heterocycles. The summed E-state index contributed by atoms with van der Waals surface area (Å²) in [6, 6.07) is 0. The predicted molar refractivity (Wildman–Crippen MR) is 37.1 cm³/mol. The minimum atomic E-state index is 0.0886. The van der Waals surface area contributed by atoms with E-state index < -0.39 is 0 Å². The van der Waals surface area contributed by atoms with E-state index >= 15 is 0 Å². The fraction of sp³-hybridized carbons (Fsp3) is 1.00. The van der Waals surface area contributed by atoms with Crippen LogP contribution in [0.5, 0.6) is 0 Å². The van der Waals surface area contributed by atoms with Crippen molar-refractivity contribution in [1.29, 1.82) is 0 Å². The predicted octanol–water partition coefficient (Wildman–Crippen LogP) is 1.86. The Labute approximate surface area is 58.5 Å². The summed E-state index contributed by atoms with van der Waals surface area (Å²) in [7, 11) is 0. The molecule has 2 heteroatoms. The van der Waals surface area contributed by atoms with E-state index in [0.29, 0.717) is 0 Å². The van der Waals surface area contributed by atoms with Crippen molar-refractivity contribution in [3.8, 4) is 0 Å². The average Bonchev–Trinajstić information content (AvgIpc) is 1.59. The van der Waals surface area contributed by atoms with Crippen LogP contribution in [0.25, 0.3) is 0 Å². The van der Waals surface area contributed by atoms with E-state index in [0.717, 1.165) is 0 Å². The van der Waals surface area contributed by atoms with Crippen LogP contribution in [-0.2, 0) is 3.79 Å². The molecule has 0 amide bonds. The number of rotatable bonds is 2. The van der Waals surface area contributed by atoms with E-state index in [4.69, 9.17) is 3.79 Å². The van der Waals surface area contributed by atoms with Crippen molar-refractivity contribution in [1.82, 2.24) is 0 Å². The van der Waals surface area contributed by atoms with Gasteiger partial charge in [-0.25, -0.2) is 0 Å². The molecule has 8 heavy (non-hydrogen) atoms. The topological polar surface area (TPSA) is 9.23 Å². The van der Waals surface area contributed by atoms with Gasteiger partial charge in [0.2, 0.25) is 0 Å². The summed E-state index contributed by atoms with van der Waals surface area (Å²) in [6.07, 6.45) is 0. The average molecular weight is 129 g/mol. The summed E-state index contributed by atoms with van der Waals surface area (Å²) in [5, 5.41) is 1.19. The molecule has 0 saturated heterocycles. The van der Waals surface area contributed by atoms with Crippen molar-refractivity contribution in [3.05, 3.63) is 0 Å². The van der Waals surface area contributed by atoms with Crippen molar-refractivity contribution in [2.45, 2.75) is 38.6 Å². The third-order valence-electron chi connectivity index (χ3n) is 0.604. The molecule has 0 spiro atoms. The molecule has 46 valence electrons. The summed E-state index contributed by atoms with van der Waals surface area (Å²) in [6.45, 7) is 8.43. The fourth-order valence-electron chi connectivity index (χ4n) is 0.333. The van der Waals surface area contributed by atoms with Gasteiger partial charge < -0.3 is 0 Å². The maximum atomic E-state index is 5.46. The molecule has 0 bridgehead atoms. The molecule has 0 N–H and O–H groups in total. The van der Waals surface area contributed by atoms with E-state index in [1.54, 1.807) is 0 Å². The standard InChI is InChI=1S/C4H9O.C2H5.Al/c1-4(2,3)5;1-2;/h1-3H3;1H2,2H3;/q-1;;+2. The van der Waals surface area contributed by atoms with Crippen molar-refractivity contribution >= 4 is 15.6 Å². The Morgan fingerprint density at radius 3 is 2.00 bits per heavy atom. The SMILES string of the molecule is C[CH2][Al+][O]C(C)(C)C. The molecule has 0 aliphatic carbocycles. The van der Waals surface area contributed by atoms with Crippen molar-refractivity contribution in [2.24, 2.45) is 0 Å². The third-order valence-corrected chi connectivity index (χ3v) is 1.81. The van der Waals surface area contributed by atoms with Crippen LogP contribution in [0.1, 0.15) is 27.7 Å². The second-order valence-corrected chi connectivity index (χ2v) is 4.19. The summed E-state index contributed by atoms with van der Waals surface area (Å²) in [4.78, 5) is 0. The van der Waals surface area contributed by atoms with Gasteiger partial charge in [-0.15, -0.1) is 0 Å². The Morgan fingerprint density at radius 2 is 1.88 bits per heavy atom. The Bertz CT molecular complexity index is 56.0. The molecule has 1 nitrogen and oxygen atoms in total. The van der Waals surface area contributed by atoms with Crippen LogP contribution < -0.4 is 0 Å². The second kappa shape index (κ2) is 3.50. The molecule has 0 fully saturated rings. The minimum absolute atomic E-state index is 0.0886. The Kier molecular flexibility index (Phi) is 3.72. The van der Waals surface area contributed by atoms with Gasteiger partial charge in [-0.3, -0.25) is 0 Å². The zero-order valence-electron chi connectivity index (χ0n) is 6.19. The molecule has 0 unspecified atom stereocenters. The van der Waals surface area contributed by atoms with Crippen LogP contribution in [0.3, 0.4) is 0 Å². The molecule has 0 aromatic rings. The van der Waals surface area contributed by atoms with Gasteiger partial charge >= 0.3 is 57.9 Å². The maximum absolute atomic E-state index is 5.46. The zero-order valence-corrected chi connectivity index (χ0v) is 7.35. The summed E-state index contributed by atoms with van der Waals surface area (Å²) >= 11 is 0.242. The van der Waals surface area contributed by atoms with E-state index in [1.807, 2.05) is 0 Å². The van der Waals surface area contributed by atoms with Gasteiger partial charge in [0, 0.05) is 0 Å². The number of hydrogen-bond donors (Lipinski definition) is 0.